The van der Waals surface area contributed by atoms with Crippen LogP contribution in [0.1, 0.15) is 18.4 Å². The van der Waals surface area contributed by atoms with Gasteiger partial charge in [0.25, 0.3) is 10.0 Å². The van der Waals surface area contributed by atoms with Crippen LogP contribution < -0.4 is 4.72 Å². The molecule has 0 spiro atoms. The number of rotatable bonds is 6. The Balaban J connectivity index is 1.77. The van der Waals surface area contributed by atoms with Gasteiger partial charge in [-0.3, -0.25) is 4.72 Å². The summed E-state index contributed by atoms with van der Waals surface area (Å²) in [5, 5.41) is -0.428. The number of sulfonamides is 1. The fourth-order valence-corrected chi connectivity index (χ4v) is 5.94. The first-order valence-electron chi connectivity index (χ1n) is 9.00. The summed E-state index contributed by atoms with van der Waals surface area (Å²) >= 11 is 0. The van der Waals surface area contributed by atoms with Crippen molar-refractivity contribution in [2.45, 2.75) is 29.9 Å². The Labute approximate surface area is 169 Å². The standard InChI is InChI=1S/C20H19FN2O4S2/c1-14-11-20(18-7-2-3-8-19(18)21)23(13-14)29(26,27)17-6-4-5-15(12-17)22-28(24,25)16-9-10-16/h2-8,11-13,16,22H,9-10H2,1H3. The average Bonchev–Trinajstić information content (AvgIpc) is 3.45. The molecule has 2 aromatic carbocycles. The van der Waals surface area contributed by atoms with Crippen LogP contribution in [0.25, 0.3) is 11.3 Å². The lowest BCUT2D eigenvalue weighted by Gasteiger charge is -2.13. The molecule has 1 saturated carbocycles. The minimum Gasteiger partial charge on any atom is -0.283 e. The van der Waals surface area contributed by atoms with Crippen molar-refractivity contribution in [2.75, 3.05) is 4.72 Å². The van der Waals surface area contributed by atoms with Gasteiger partial charge in [-0.1, -0.05) is 18.2 Å². The number of nitrogens with zero attached hydrogens (tertiary/aromatic N) is 1. The van der Waals surface area contributed by atoms with Crippen molar-refractivity contribution in [1.82, 2.24) is 3.97 Å². The van der Waals surface area contributed by atoms with Gasteiger partial charge in [0.1, 0.15) is 5.82 Å². The summed E-state index contributed by atoms with van der Waals surface area (Å²) in [4.78, 5) is -0.0957. The lowest BCUT2D eigenvalue weighted by molar-refractivity contribution is 0.587. The molecule has 0 aliphatic heterocycles. The third-order valence-corrected chi connectivity index (χ3v) is 8.23. The van der Waals surface area contributed by atoms with Gasteiger partial charge in [0.2, 0.25) is 10.0 Å². The molecule has 1 aromatic heterocycles. The summed E-state index contributed by atoms with van der Waals surface area (Å²) in [5.41, 5.74) is 1.19. The topological polar surface area (TPSA) is 85.2 Å². The first-order chi connectivity index (χ1) is 13.7. The van der Waals surface area contributed by atoms with Crippen molar-refractivity contribution in [1.29, 1.82) is 0 Å². The third kappa shape index (κ3) is 3.79. The van der Waals surface area contributed by atoms with Crippen LogP contribution in [0.15, 0.2) is 65.7 Å². The summed E-state index contributed by atoms with van der Waals surface area (Å²) in [6.45, 7) is 1.72. The Morgan fingerprint density at radius 2 is 1.72 bits per heavy atom. The van der Waals surface area contributed by atoms with Gasteiger partial charge in [0.05, 0.1) is 15.8 Å². The van der Waals surface area contributed by atoms with E-state index < -0.39 is 31.1 Å². The Morgan fingerprint density at radius 1 is 1.00 bits per heavy atom. The molecule has 0 atom stereocenters. The highest BCUT2D eigenvalue weighted by molar-refractivity contribution is 7.93. The molecule has 9 heteroatoms. The van der Waals surface area contributed by atoms with Gasteiger partial charge in [-0.15, -0.1) is 0 Å². The number of hydrogen-bond acceptors (Lipinski definition) is 4. The molecule has 29 heavy (non-hydrogen) atoms. The summed E-state index contributed by atoms with van der Waals surface area (Å²) in [6, 6.07) is 13.1. The van der Waals surface area contributed by atoms with E-state index in [1.54, 1.807) is 19.1 Å². The second-order valence-electron chi connectivity index (χ2n) is 7.06. The second kappa shape index (κ2) is 7.00. The number of aryl methyl sites for hydroxylation is 1. The van der Waals surface area contributed by atoms with Crippen LogP contribution in [0.3, 0.4) is 0 Å². The maximum atomic E-state index is 14.3. The quantitative estimate of drug-likeness (QED) is 0.640. The van der Waals surface area contributed by atoms with E-state index in [0.29, 0.717) is 18.4 Å². The van der Waals surface area contributed by atoms with Gasteiger partial charge in [0.15, 0.2) is 0 Å². The Kier molecular flexibility index (Phi) is 4.74. The van der Waals surface area contributed by atoms with E-state index in [4.69, 9.17) is 0 Å². The van der Waals surface area contributed by atoms with Crippen LogP contribution in [0.2, 0.25) is 0 Å². The molecule has 152 valence electrons. The number of halogens is 1. The lowest BCUT2D eigenvalue weighted by atomic mass is 10.1. The van der Waals surface area contributed by atoms with E-state index in [-0.39, 0.29) is 21.8 Å². The number of benzene rings is 2. The van der Waals surface area contributed by atoms with E-state index in [9.17, 15) is 21.2 Å². The Morgan fingerprint density at radius 3 is 2.41 bits per heavy atom. The molecule has 0 amide bonds. The van der Waals surface area contributed by atoms with Crippen molar-refractivity contribution >= 4 is 25.7 Å². The monoisotopic (exact) mass is 434 g/mol. The van der Waals surface area contributed by atoms with E-state index in [1.807, 2.05) is 0 Å². The van der Waals surface area contributed by atoms with Gasteiger partial charge < -0.3 is 0 Å². The maximum absolute atomic E-state index is 14.3. The second-order valence-corrected chi connectivity index (χ2v) is 10.8. The van der Waals surface area contributed by atoms with Crippen molar-refractivity contribution < 1.29 is 21.2 Å². The van der Waals surface area contributed by atoms with E-state index in [1.165, 1.54) is 48.7 Å². The van der Waals surface area contributed by atoms with Gasteiger partial charge in [-0.05, 0) is 61.7 Å². The molecule has 1 aliphatic rings. The van der Waals surface area contributed by atoms with Gasteiger partial charge in [-0.2, -0.15) is 0 Å². The van der Waals surface area contributed by atoms with Crippen molar-refractivity contribution in [3.63, 3.8) is 0 Å². The fourth-order valence-electron chi connectivity index (χ4n) is 3.09. The van der Waals surface area contributed by atoms with Crippen LogP contribution in [0.5, 0.6) is 0 Å². The van der Waals surface area contributed by atoms with Crippen molar-refractivity contribution in [2.24, 2.45) is 0 Å². The SMILES string of the molecule is Cc1cc(-c2ccccc2F)n(S(=O)(=O)c2cccc(NS(=O)(=O)C3CC3)c2)c1. The zero-order valence-corrected chi connectivity index (χ0v) is 17.2. The van der Waals surface area contributed by atoms with Crippen molar-refractivity contribution in [3.05, 3.63) is 72.2 Å². The number of aromatic nitrogens is 1. The predicted molar refractivity (Wildman–Crippen MR) is 109 cm³/mol. The molecular formula is C20H19FN2O4S2. The minimum absolute atomic E-state index is 0.0957. The van der Waals surface area contributed by atoms with Gasteiger partial charge in [-0.25, -0.2) is 25.2 Å². The predicted octanol–water partition coefficient (Wildman–Crippen LogP) is 3.74. The molecule has 1 aliphatic carbocycles. The molecule has 6 nitrogen and oxygen atoms in total. The third-order valence-electron chi connectivity index (χ3n) is 4.69. The summed E-state index contributed by atoms with van der Waals surface area (Å²) in [6.07, 6.45) is 2.61. The molecule has 3 aromatic rings. The molecule has 0 unspecified atom stereocenters. The maximum Gasteiger partial charge on any atom is 0.268 e. The lowest BCUT2D eigenvalue weighted by Crippen LogP contribution is -2.18. The highest BCUT2D eigenvalue weighted by Crippen LogP contribution is 2.32. The highest BCUT2D eigenvalue weighted by atomic mass is 32.2. The molecule has 1 heterocycles. The largest absolute Gasteiger partial charge is 0.283 e. The van der Waals surface area contributed by atoms with E-state index in [2.05, 4.69) is 4.72 Å². The fraction of sp³-hybridized carbons (Fsp3) is 0.200. The van der Waals surface area contributed by atoms with E-state index >= 15 is 0 Å². The molecule has 0 radical (unpaired) electrons. The van der Waals surface area contributed by atoms with Gasteiger partial charge in [0, 0.05) is 17.4 Å². The van der Waals surface area contributed by atoms with Crippen LogP contribution in [0.4, 0.5) is 10.1 Å². The normalized spacial score (nSPS) is 14.7. The molecule has 1 N–H and O–H groups in total. The number of nitrogens with one attached hydrogen (secondary N) is 1. The number of hydrogen-bond donors (Lipinski definition) is 1. The molecule has 0 saturated heterocycles. The van der Waals surface area contributed by atoms with Gasteiger partial charge >= 0.3 is 0 Å². The molecule has 4 rings (SSSR count). The summed E-state index contributed by atoms with van der Waals surface area (Å²) < 4.78 is 68.7. The first kappa shape index (κ1) is 19.7. The Hall–Kier alpha value is -2.65. The number of anilines is 1. The molecule has 1 fully saturated rings. The summed E-state index contributed by atoms with van der Waals surface area (Å²) in [7, 11) is -7.60. The Bertz CT molecular complexity index is 1290. The van der Waals surface area contributed by atoms with E-state index in [0.717, 1.165) is 3.97 Å². The first-order valence-corrected chi connectivity index (χ1v) is 12.0. The molecular weight excluding hydrogens is 415 g/mol. The average molecular weight is 435 g/mol. The van der Waals surface area contributed by atoms with Crippen LogP contribution >= 0.6 is 0 Å². The van der Waals surface area contributed by atoms with Crippen molar-refractivity contribution in [3.8, 4) is 11.3 Å². The summed E-state index contributed by atoms with van der Waals surface area (Å²) in [5.74, 6) is -0.534. The van der Waals surface area contributed by atoms with Crippen LogP contribution in [0, 0.1) is 12.7 Å². The zero-order chi connectivity index (χ0) is 20.8. The van der Waals surface area contributed by atoms with Crippen LogP contribution in [-0.4, -0.2) is 26.1 Å². The molecule has 0 bridgehead atoms. The smallest absolute Gasteiger partial charge is 0.268 e. The zero-order valence-electron chi connectivity index (χ0n) is 15.5. The minimum atomic E-state index is -4.08. The van der Waals surface area contributed by atoms with Crippen LogP contribution in [-0.2, 0) is 20.0 Å². The highest BCUT2D eigenvalue weighted by Gasteiger charge is 2.36.